The zero-order valence-electron chi connectivity index (χ0n) is 15.9. The molecule has 2 aliphatic rings. The quantitative estimate of drug-likeness (QED) is 0.274. The van der Waals surface area contributed by atoms with Gasteiger partial charge in [0, 0.05) is 36.5 Å². The first kappa shape index (κ1) is 21.7. The van der Waals surface area contributed by atoms with Gasteiger partial charge in [0.2, 0.25) is 0 Å². The van der Waals surface area contributed by atoms with E-state index in [0.29, 0.717) is 42.5 Å². The Morgan fingerprint density at radius 2 is 1.97 bits per heavy atom. The summed E-state index contributed by atoms with van der Waals surface area (Å²) in [5, 5.41) is 11.2. The Kier molecular flexibility index (Phi) is 6.24. The molecule has 0 unspecified atom stereocenters. The third kappa shape index (κ3) is 4.42. The second-order valence-corrected chi connectivity index (χ2v) is 8.80. The van der Waals surface area contributed by atoms with Gasteiger partial charge >= 0.3 is 0 Å². The summed E-state index contributed by atoms with van der Waals surface area (Å²) < 4.78 is 19.2. The number of nitro benzene ring substituents is 1. The number of thioether (sulfide) groups is 1. The van der Waals surface area contributed by atoms with E-state index in [9.17, 15) is 19.3 Å². The summed E-state index contributed by atoms with van der Waals surface area (Å²) in [5.41, 5.74) is 1.58. The zero-order chi connectivity index (χ0) is 22.1. The molecule has 0 aromatic heterocycles. The summed E-state index contributed by atoms with van der Waals surface area (Å²) in [6.07, 6.45) is 1.60. The highest BCUT2D eigenvalue weighted by Crippen LogP contribution is 2.39. The molecule has 160 valence electrons. The van der Waals surface area contributed by atoms with E-state index in [1.165, 1.54) is 29.2 Å². The molecule has 2 fully saturated rings. The molecular weight excluding hydrogens is 465 g/mol. The van der Waals surface area contributed by atoms with Crippen molar-refractivity contribution in [1.82, 2.24) is 0 Å². The van der Waals surface area contributed by atoms with Crippen LogP contribution in [0, 0.1) is 15.9 Å². The van der Waals surface area contributed by atoms with E-state index in [4.69, 9.17) is 28.6 Å². The van der Waals surface area contributed by atoms with Crippen LogP contribution in [-0.2, 0) is 9.53 Å². The highest BCUT2D eigenvalue weighted by atomic mass is 35.5. The summed E-state index contributed by atoms with van der Waals surface area (Å²) in [6, 6.07) is 8.46. The predicted octanol–water partition coefficient (Wildman–Crippen LogP) is 4.63. The molecular formula is C20H15ClFN3O4S2. The molecule has 0 aliphatic carbocycles. The van der Waals surface area contributed by atoms with Crippen LogP contribution < -0.4 is 9.80 Å². The monoisotopic (exact) mass is 479 g/mol. The second-order valence-electron chi connectivity index (χ2n) is 6.72. The molecule has 2 saturated heterocycles. The van der Waals surface area contributed by atoms with Gasteiger partial charge in [0.15, 0.2) is 4.32 Å². The minimum absolute atomic E-state index is 0.0796. The lowest BCUT2D eigenvalue weighted by molar-refractivity contribution is -0.384. The molecule has 0 bridgehead atoms. The summed E-state index contributed by atoms with van der Waals surface area (Å²) in [4.78, 5) is 27.5. The number of anilines is 2. The van der Waals surface area contributed by atoms with E-state index >= 15 is 0 Å². The van der Waals surface area contributed by atoms with Crippen molar-refractivity contribution >= 4 is 68.9 Å². The summed E-state index contributed by atoms with van der Waals surface area (Å²) in [5.74, 6) is -1.00. The van der Waals surface area contributed by atoms with Crippen LogP contribution in [0.2, 0.25) is 5.02 Å². The maximum atomic E-state index is 13.5. The molecule has 2 aromatic rings. The number of thiocarbonyl (C=S) groups is 1. The Balaban J connectivity index is 1.72. The average molecular weight is 480 g/mol. The van der Waals surface area contributed by atoms with Gasteiger partial charge in [-0.05, 0) is 30.3 Å². The molecule has 4 rings (SSSR count). The normalized spacial score (nSPS) is 18.2. The van der Waals surface area contributed by atoms with Gasteiger partial charge in [0.25, 0.3) is 11.6 Å². The van der Waals surface area contributed by atoms with Crippen molar-refractivity contribution in [2.24, 2.45) is 0 Å². The highest BCUT2D eigenvalue weighted by Gasteiger charge is 2.34. The maximum Gasteiger partial charge on any atom is 0.270 e. The number of carbonyl (C=O) groups is 1. The van der Waals surface area contributed by atoms with Gasteiger partial charge in [-0.2, -0.15) is 0 Å². The average Bonchev–Trinajstić information content (AvgIpc) is 3.03. The maximum absolute atomic E-state index is 13.5. The van der Waals surface area contributed by atoms with Crippen LogP contribution in [0.1, 0.15) is 5.56 Å². The van der Waals surface area contributed by atoms with Crippen LogP contribution in [0.25, 0.3) is 6.08 Å². The van der Waals surface area contributed by atoms with Crippen molar-refractivity contribution in [1.29, 1.82) is 0 Å². The Morgan fingerprint density at radius 1 is 1.23 bits per heavy atom. The lowest BCUT2D eigenvalue weighted by Gasteiger charge is -2.30. The molecule has 31 heavy (non-hydrogen) atoms. The van der Waals surface area contributed by atoms with E-state index in [2.05, 4.69) is 4.90 Å². The number of nitrogens with zero attached hydrogens (tertiary/aromatic N) is 3. The standard InChI is InChI=1S/C20H15ClFN3O4S2/c21-15-11-13(1-3-16(15)22)24-19(26)18(31-20(24)30)10-12-9-14(25(27)28)2-4-17(12)23-5-7-29-8-6-23/h1-4,9-11H,5-8H2/b18-10-. The summed E-state index contributed by atoms with van der Waals surface area (Å²) >= 11 is 12.3. The number of nitro groups is 1. The fraction of sp³-hybridized carbons (Fsp3) is 0.200. The number of carbonyl (C=O) groups excluding carboxylic acids is 1. The number of non-ortho nitro benzene ring substituents is 1. The van der Waals surface area contributed by atoms with E-state index in [0.717, 1.165) is 23.5 Å². The van der Waals surface area contributed by atoms with Gasteiger partial charge in [-0.3, -0.25) is 19.8 Å². The van der Waals surface area contributed by atoms with E-state index in [1.54, 1.807) is 12.1 Å². The Hall–Kier alpha value is -2.53. The van der Waals surface area contributed by atoms with Crippen molar-refractivity contribution in [3.05, 3.63) is 67.8 Å². The van der Waals surface area contributed by atoms with Gasteiger partial charge in [0.05, 0.1) is 33.8 Å². The highest BCUT2D eigenvalue weighted by molar-refractivity contribution is 8.27. The van der Waals surface area contributed by atoms with Crippen molar-refractivity contribution < 1.29 is 18.8 Å². The second kappa shape index (κ2) is 8.91. The molecule has 0 N–H and O–H groups in total. The minimum atomic E-state index is -0.599. The van der Waals surface area contributed by atoms with Crippen molar-refractivity contribution in [3.8, 4) is 0 Å². The van der Waals surface area contributed by atoms with Crippen LogP contribution in [0.4, 0.5) is 21.5 Å². The van der Waals surface area contributed by atoms with E-state index in [-0.39, 0.29) is 15.0 Å². The molecule has 0 saturated carbocycles. The first-order valence-electron chi connectivity index (χ1n) is 9.19. The number of morpholine rings is 1. The van der Waals surface area contributed by atoms with Gasteiger partial charge in [-0.25, -0.2) is 4.39 Å². The number of rotatable bonds is 4. The molecule has 2 aromatic carbocycles. The van der Waals surface area contributed by atoms with Crippen molar-refractivity contribution in [3.63, 3.8) is 0 Å². The van der Waals surface area contributed by atoms with E-state index in [1.807, 2.05) is 0 Å². The molecule has 11 heteroatoms. The number of amides is 1. The Morgan fingerprint density at radius 3 is 2.65 bits per heavy atom. The zero-order valence-corrected chi connectivity index (χ0v) is 18.3. The molecule has 0 atom stereocenters. The molecule has 7 nitrogen and oxygen atoms in total. The molecule has 1 amide bonds. The fourth-order valence-corrected chi connectivity index (χ4v) is 4.78. The SMILES string of the molecule is O=C1/C(=C/c2cc([N+](=O)[O-])ccc2N2CCOCC2)SC(=S)N1c1ccc(F)c(Cl)c1. The van der Waals surface area contributed by atoms with Gasteiger partial charge in [-0.15, -0.1) is 0 Å². The largest absolute Gasteiger partial charge is 0.378 e. The van der Waals surface area contributed by atoms with Crippen molar-refractivity contribution in [2.45, 2.75) is 0 Å². The number of benzene rings is 2. The molecule has 2 aliphatic heterocycles. The van der Waals surface area contributed by atoms with Crippen LogP contribution in [-0.4, -0.2) is 41.5 Å². The molecule has 2 heterocycles. The first-order chi connectivity index (χ1) is 14.8. The number of halogens is 2. The Bertz CT molecular complexity index is 1120. The van der Waals surface area contributed by atoms with Crippen LogP contribution in [0.3, 0.4) is 0 Å². The lowest BCUT2D eigenvalue weighted by Crippen LogP contribution is -2.36. The smallest absolute Gasteiger partial charge is 0.270 e. The van der Waals surface area contributed by atoms with Gasteiger partial charge in [0.1, 0.15) is 5.82 Å². The van der Waals surface area contributed by atoms with Crippen LogP contribution in [0.15, 0.2) is 41.3 Å². The first-order valence-corrected chi connectivity index (χ1v) is 10.8. The number of hydrogen-bond acceptors (Lipinski definition) is 7. The summed E-state index contributed by atoms with van der Waals surface area (Å²) in [6.45, 7) is 2.36. The van der Waals surface area contributed by atoms with Crippen LogP contribution >= 0.6 is 35.6 Å². The van der Waals surface area contributed by atoms with Crippen LogP contribution in [0.5, 0.6) is 0 Å². The third-order valence-corrected chi connectivity index (χ3v) is 6.41. The van der Waals surface area contributed by atoms with Gasteiger partial charge < -0.3 is 9.64 Å². The molecule has 0 spiro atoms. The van der Waals surface area contributed by atoms with Crippen molar-refractivity contribution in [2.75, 3.05) is 36.1 Å². The molecule has 0 radical (unpaired) electrons. The fourth-order valence-electron chi connectivity index (χ4n) is 3.32. The minimum Gasteiger partial charge on any atom is -0.378 e. The predicted molar refractivity (Wildman–Crippen MR) is 123 cm³/mol. The third-order valence-electron chi connectivity index (χ3n) is 4.82. The lowest BCUT2D eigenvalue weighted by atomic mass is 10.1. The topological polar surface area (TPSA) is 75.9 Å². The number of ether oxygens (including phenoxy) is 1. The number of hydrogen-bond donors (Lipinski definition) is 0. The summed E-state index contributed by atoms with van der Waals surface area (Å²) in [7, 11) is 0. The van der Waals surface area contributed by atoms with Gasteiger partial charge in [-0.1, -0.05) is 35.6 Å². The van der Waals surface area contributed by atoms with E-state index < -0.39 is 16.6 Å². The Labute approximate surface area is 191 Å².